The third kappa shape index (κ3) is 3.93. The summed E-state index contributed by atoms with van der Waals surface area (Å²) < 4.78 is 5.83. The van der Waals surface area contributed by atoms with Gasteiger partial charge in [-0.2, -0.15) is 5.10 Å². The summed E-state index contributed by atoms with van der Waals surface area (Å²) >= 11 is 5.94. The fourth-order valence-electron chi connectivity index (χ4n) is 3.67. The Labute approximate surface area is 199 Å². The second-order valence-electron chi connectivity index (χ2n) is 7.78. The predicted octanol–water partition coefficient (Wildman–Crippen LogP) is 5.97. The zero-order chi connectivity index (χ0) is 23.8. The number of rotatable bonds is 5. The first-order valence-corrected chi connectivity index (χ1v) is 10.8. The number of nitrogens with one attached hydrogen (secondary N) is 2. The summed E-state index contributed by atoms with van der Waals surface area (Å²) in [5.41, 5.74) is 3.12. The Balaban J connectivity index is 1.50. The minimum Gasteiger partial charge on any atom is -0.507 e. The first-order chi connectivity index (χ1) is 16.4. The number of hydrogen-bond acceptors (Lipinski definition) is 5. The van der Waals surface area contributed by atoms with Gasteiger partial charge in [-0.1, -0.05) is 35.4 Å². The average molecular weight is 472 g/mol. The highest BCUT2D eigenvalue weighted by Crippen LogP contribution is 2.34. The number of benzene rings is 3. The van der Waals surface area contributed by atoms with Gasteiger partial charge in [0.15, 0.2) is 5.76 Å². The number of anilines is 1. The molecule has 2 aromatic heterocycles. The van der Waals surface area contributed by atoms with Crippen molar-refractivity contribution in [1.82, 2.24) is 10.2 Å². The zero-order valence-electron chi connectivity index (χ0n) is 17.9. The van der Waals surface area contributed by atoms with Crippen molar-refractivity contribution in [3.63, 3.8) is 0 Å². The molecule has 0 saturated heterocycles. The monoisotopic (exact) mass is 471 g/mol. The Kier molecular flexibility index (Phi) is 5.39. The molecular formula is C26H18ClN3O4. The van der Waals surface area contributed by atoms with Crippen LogP contribution in [0.4, 0.5) is 5.69 Å². The van der Waals surface area contributed by atoms with Crippen molar-refractivity contribution in [1.29, 1.82) is 0 Å². The molecule has 5 rings (SSSR count). The van der Waals surface area contributed by atoms with Crippen molar-refractivity contribution < 1.29 is 19.1 Å². The summed E-state index contributed by atoms with van der Waals surface area (Å²) in [6, 6.07) is 20.1. The van der Waals surface area contributed by atoms with E-state index >= 15 is 0 Å². The second-order valence-corrected chi connectivity index (χ2v) is 8.22. The number of amides is 1. The lowest BCUT2D eigenvalue weighted by Gasteiger charge is -2.05. The van der Waals surface area contributed by atoms with Gasteiger partial charge in [0.25, 0.3) is 5.91 Å². The molecule has 0 spiro atoms. The summed E-state index contributed by atoms with van der Waals surface area (Å²) in [6.45, 7) is 1.90. The van der Waals surface area contributed by atoms with Crippen LogP contribution < -0.4 is 5.32 Å². The molecule has 8 heteroatoms. The molecule has 0 unspecified atom stereocenters. The van der Waals surface area contributed by atoms with Gasteiger partial charge >= 0.3 is 0 Å². The fraction of sp³-hybridized carbons (Fsp3) is 0.0385. The number of hydrogen-bond donors (Lipinski definition) is 3. The molecule has 0 radical (unpaired) electrons. The Morgan fingerprint density at radius 1 is 1.03 bits per heavy atom. The molecule has 168 valence electrons. The Morgan fingerprint density at radius 3 is 2.59 bits per heavy atom. The molecule has 0 bridgehead atoms. The van der Waals surface area contributed by atoms with Crippen LogP contribution >= 0.6 is 11.6 Å². The van der Waals surface area contributed by atoms with Crippen LogP contribution in [-0.4, -0.2) is 27.0 Å². The number of ketones is 1. The maximum Gasteiger partial charge on any atom is 0.273 e. The second kappa shape index (κ2) is 8.53. The number of carbonyl (C=O) groups excluding carboxylic acids is 2. The van der Waals surface area contributed by atoms with Crippen LogP contribution in [-0.2, 0) is 0 Å². The number of nitrogens with zero attached hydrogens (tertiary/aromatic N) is 1. The highest BCUT2D eigenvalue weighted by molar-refractivity contribution is 6.30. The van der Waals surface area contributed by atoms with Crippen molar-refractivity contribution in [2.75, 3.05) is 5.32 Å². The van der Waals surface area contributed by atoms with Crippen LogP contribution in [0.3, 0.4) is 0 Å². The molecule has 0 aliphatic rings. The van der Waals surface area contributed by atoms with Crippen LogP contribution in [0.2, 0.25) is 5.02 Å². The van der Waals surface area contributed by atoms with E-state index in [-0.39, 0.29) is 22.9 Å². The van der Waals surface area contributed by atoms with E-state index in [2.05, 4.69) is 15.5 Å². The van der Waals surface area contributed by atoms with Gasteiger partial charge in [-0.05, 0) is 61.5 Å². The van der Waals surface area contributed by atoms with Gasteiger partial charge in [-0.3, -0.25) is 14.7 Å². The summed E-state index contributed by atoms with van der Waals surface area (Å²) in [6.07, 6.45) is 0. The maximum atomic E-state index is 13.2. The number of aromatic hydroxyl groups is 1. The number of aryl methyl sites for hydroxylation is 1. The van der Waals surface area contributed by atoms with Crippen LogP contribution in [0, 0.1) is 6.92 Å². The van der Waals surface area contributed by atoms with Gasteiger partial charge < -0.3 is 14.8 Å². The number of para-hydroxylation sites is 1. The van der Waals surface area contributed by atoms with E-state index in [1.807, 2.05) is 6.92 Å². The molecule has 0 fully saturated rings. The number of H-pyrrole nitrogens is 1. The molecule has 0 aliphatic carbocycles. The van der Waals surface area contributed by atoms with Gasteiger partial charge in [0.2, 0.25) is 5.78 Å². The smallest absolute Gasteiger partial charge is 0.273 e. The Bertz CT molecular complexity index is 1550. The number of aromatic amines is 1. The van der Waals surface area contributed by atoms with Crippen LogP contribution in [0.5, 0.6) is 5.75 Å². The van der Waals surface area contributed by atoms with Crippen molar-refractivity contribution in [3.05, 3.63) is 100 Å². The largest absolute Gasteiger partial charge is 0.507 e. The van der Waals surface area contributed by atoms with Crippen LogP contribution in [0.25, 0.3) is 22.2 Å². The topological polar surface area (TPSA) is 108 Å². The molecule has 1 amide bonds. The molecular weight excluding hydrogens is 454 g/mol. The fourth-order valence-corrected chi connectivity index (χ4v) is 3.80. The first-order valence-electron chi connectivity index (χ1n) is 10.4. The number of aromatic nitrogens is 2. The van der Waals surface area contributed by atoms with Crippen LogP contribution in [0.1, 0.15) is 32.2 Å². The van der Waals surface area contributed by atoms with E-state index in [0.717, 1.165) is 5.56 Å². The number of furan rings is 1. The molecule has 0 saturated carbocycles. The van der Waals surface area contributed by atoms with Gasteiger partial charge in [0.05, 0.1) is 11.4 Å². The standard InChI is InChI=1S/C26H18ClN3O4/c1-14-6-11-21(31)18(12-14)19-13-20(30-29-19)26(33)28-23-17-4-2-3-5-22(17)34-25(23)24(32)15-7-9-16(27)10-8-15/h2-13,31H,1H3,(H,28,33)(H,29,30). The summed E-state index contributed by atoms with van der Waals surface area (Å²) in [4.78, 5) is 26.3. The molecule has 5 aromatic rings. The lowest BCUT2D eigenvalue weighted by Crippen LogP contribution is -2.14. The van der Waals surface area contributed by atoms with Gasteiger partial charge in [0, 0.05) is 21.5 Å². The van der Waals surface area contributed by atoms with Gasteiger partial charge in [0.1, 0.15) is 17.0 Å². The highest BCUT2D eigenvalue weighted by Gasteiger charge is 2.24. The zero-order valence-corrected chi connectivity index (χ0v) is 18.7. The van der Waals surface area contributed by atoms with Crippen LogP contribution in [0.15, 0.2) is 77.2 Å². The highest BCUT2D eigenvalue weighted by atomic mass is 35.5. The van der Waals surface area contributed by atoms with E-state index in [1.54, 1.807) is 66.7 Å². The number of fused-ring (bicyclic) bond motifs is 1. The van der Waals surface area contributed by atoms with Crippen molar-refractivity contribution >= 4 is 39.9 Å². The Morgan fingerprint density at radius 2 is 1.79 bits per heavy atom. The number of phenolic OH excluding ortho intramolecular Hbond substituents is 1. The number of carbonyl (C=O) groups is 2. The summed E-state index contributed by atoms with van der Waals surface area (Å²) in [5.74, 6) is -0.838. The molecule has 34 heavy (non-hydrogen) atoms. The molecule has 2 heterocycles. The van der Waals surface area contributed by atoms with Gasteiger partial charge in [-0.25, -0.2) is 0 Å². The van der Waals surface area contributed by atoms with Crippen molar-refractivity contribution in [2.45, 2.75) is 6.92 Å². The normalized spacial score (nSPS) is 11.0. The van der Waals surface area contributed by atoms with E-state index in [0.29, 0.717) is 32.8 Å². The molecule has 0 atom stereocenters. The van der Waals surface area contributed by atoms with Crippen molar-refractivity contribution in [3.8, 4) is 17.0 Å². The molecule has 7 nitrogen and oxygen atoms in total. The number of halogens is 1. The van der Waals surface area contributed by atoms with Gasteiger partial charge in [-0.15, -0.1) is 0 Å². The van der Waals surface area contributed by atoms with E-state index < -0.39 is 11.7 Å². The minimum absolute atomic E-state index is 0.00735. The average Bonchev–Trinajstić information content (AvgIpc) is 3.46. The lowest BCUT2D eigenvalue weighted by atomic mass is 10.1. The summed E-state index contributed by atoms with van der Waals surface area (Å²) in [5, 5.41) is 20.9. The van der Waals surface area contributed by atoms with E-state index in [1.165, 1.54) is 6.07 Å². The predicted molar refractivity (Wildman–Crippen MR) is 129 cm³/mol. The lowest BCUT2D eigenvalue weighted by molar-refractivity contribution is 0.101. The quantitative estimate of drug-likeness (QED) is 0.273. The molecule has 0 aliphatic heterocycles. The SMILES string of the molecule is Cc1ccc(O)c(-c2cc(C(=O)Nc3c(C(=O)c4ccc(Cl)cc4)oc4ccccc34)[nH]n2)c1. The van der Waals surface area contributed by atoms with Crippen molar-refractivity contribution in [2.24, 2.45) is 0 Å². The Hall–Kier alpha value is -4.36. The minimum atomic E-state index is -0.511. The molecule has 3 N–H and O–H groups in total. The van der Waals surface area contributed by atoms with E-state index in [4.69, 9.17) is 16.0 Å². The van der Waals surface area contributed by atoms with E-state index in [9.17, 15) is 14.7 Å². The third-order valence-corrected chi connectivity index (χ3v) is 5.65. The molecule has 3 aromatic carbocycles. The maximum absolute atomic E-state index is 13.2. The first kappa shape index (κ1) is 21.5. The summed E-state index contributed by atoms with van der Waals surface area (Å²) in [7, 11) is 0. The number of phenols is 1. The third-order valence-electron chi connectivity index (χ3n) is 5.40.